The van der Waals surface area contributed by atoms with E-state index < -0.39 is 0 Å². The van der Waals surface area contributed by atoms with E-state index in [0.717, 1.165) is 5.69 Å². The molecule has 26 heavy (non-hydrogen) atoms. The highest BCUT2D eigenvalue weighted by Crippen LogP contribution is 2.18. The zero-order valence-corrected chi connectivity index (χ0v) is 15.8. The van der Waals surface area contributed by atoms with Crippen LogP contribution in [0.1, 0.15) is 9.67 Å². The number of likely N-dealkylation sites (N-methyl/N-ethyl adjacent to an activating group) is 1. The van der Waals surface area contributed by atoms with Gasteiger partial charge in [-0.2, -0.15) is 4.68 Å². The number of amides is 2. The fourth-order valence-corrected chi connectivity index (χ4v) is 3.41. The van der Waals surface area contributed by atoms with Crippen molar-refractivity contribution in [1.29, 1.82) is 0 Å². The van der Waals surface area contributed by atoms with Gasteiger partial charge in [-0.25, -0.2) is 0 Å². The number of thiophene rings is 1. The summed E-state index contributed by atoms with van der Waals surface area (Å²) in [6, 6.07) is 10.7. The Balaban J connectivity index is 1.66. The Morgan fingerprint density at radius 3 is 2.88 bits per heavy atom. The van der Waals surface area contributed by atoms with Gasteiger partial charge in [-0.3, -0.25) is 9.59 Å². The number of rotatable bonds is 6. The molecule has 2 aromatic heterocycles. The van der Waals surface area contributed by atoms with Crippen LogP contribution in [0.4, 0.5) is 5.69 Å². The minimum atomic E-state index is -0.281. The lowest BCUT2D eigenvalue weighted by Crippen LogP contribution is -2.34. The Kier molecular flexibility index (Phi) is 5.64. The molecule has 0 spiro atoms. The molecule has 0 unspecified atom stereocenters. The minimum Gasteiger partial charge on any atom is -0.332 e. The monoisotopic (exact) mass is 388 g/mol. The molecule has 134 valence electrons. The molecular weight excluding hydrogens is 372 g/mol. The van der Waals surface area contributed by atoms with E-state index in [9.17, 15) is 9.59 Å². The molecule has 2 heterocycles. The maximum atomic E-state index is 12.3. The van der Waals surface area contributed by atoms with Crippen molar-refractivity contribution in [2.24, 2.45) is 0 Å². The van der Waals surface area contributed by atoms with Crippen LogP contribution in [0.2, 0.25) is 0 Å². The van der Waals surface area contributed by atoms with Crippen molar-refractivity contribution in [3.63, 3.8) is 0 Å². The Hall–Kier alpha value is -2.72. The van der Waals surface area contributed by atoms with Crippen LogP contribution in [-0.4, -0.2) is 56.8 Å². The molecule has 0 fully saturated rings. The van der Waals surface area contributed by atoms with Crippen LogP contribution in [0.5, 0.6) is 0 Å². The second-order valence-corrected chi connectivity index (χ2v) is 7.04. The predicted octanol–water partition coefficient (Wildman–Crippen LogP) is 2.16. The van der Waals surface area contributed by atoms with Crippen LogP contribution in [0.3, 0.4) is 0 Å². The van der Waals surface area contributed by atoms with Crippen LogP contribution in [0, 0.1) is 0 Å². The number of aromatic nitrogens is 4. The van der Waals surface area contributed by atoms with E-state index in [1.54, 1.807) is 42.1 Å². The largest absolute Gasteiger partial charge is 0.332 e. The minimum absolute atomic E-state index is 0.0398. The van der Waals surface area contributed by atoms with Gasteiger partial charge in [0.05, 0.1) is 17.1 Å². The van der Waals surface area contributed by atoms with Gasteiger partial charge in [-0.05, 0) is 46.3 Å². The molecule has 0 saturated carbocycles. The average molecular weight is 388 g/mol. The van der Waals surface area contributed by atoms with Crippen LogP contribution in [-0.2, 0) is 4.79 Å². The number of anilines is 1. The summed E-state index contributed by atoms with van der Waals surface area (Å²) in [5.41, 5.74) is 1.34. The fraction of sp³-hybridized carbons (Fsp3) is 0.188. The molecule has 0 saturated heterocycles. The summed E-state index contributed by atoms with van der Waals surface area (Å²) in [5.74, 6) is -0.460. The van der Waals surface area contributed by atoms with Crippen molar-refractivity contribution in [3.8, 4) is 5.69 Å². The lowest BCUT2D eigenvalue weighted by Gasteiger charge is -2.16. The Morgan fingerprint density at radius 1 is 1.31 bits per heavy atom. The third kappa shape index (κ3) is 4.09. The second kappa shape index (κ2) is 8.11. The highest BCUT2D eigenvalue weighted by Gasteiger charge is 2.16. The van der Waals surface area contributed by atoms with E-state index in [2.05, 4.69) is 20.8 Å². The molecule has 2 amide bonds. The molecule has 3 rings (SSSR count). The van der Waals surface area contributed by atoms with Gasteiger partial charge in [-0.15, -0.1) is 16.4 Å². The van der Waals surface area contributed by atoms with E-state index in [1.807, 2.05) is 17.7 Å². The van der Waals surface area contributed by atoms with Gasteiger partial charge in [0.25, 0.3) is 5.91 Å². The van der Waals surface area contributed by atoms with Gasteiger partial charge in [0.15, 0.2) is 0 Å². The third-order valence-corrected chi connectivity index (χ3v) is 4.93. The molecule has 0 aliphatic carbocycles. The van der Waals surface area contributed by atoms with E-state index in [0.29, 0.717) is 15.7 Å². The molecule has 3 aromatic rings. The first-order valence-electron chi connectivity index (χ1n) is 7.60. The van der Waals surface area contributed by atoms with E-state index in [-0.39, 0.29) is 18.4 Å². The predicted molar refractivity (Wildman–Crippen MR) is 101 cm³/mol. The topological polar surface area (TPSA) is 93.0 Å². The number of nitrogens with zero attached hydrogens (tertiary/aromatic N) is 5. The number of hydrogen-bond donors (Lipinski definition) is 1. The average Bonchev–Trinajstić information content (AvgIpc) is 3.32. The molecule has 0 bridgehead atoms. The molecule has 0 radical (unpaired) electrons. The van der Waals surface area contributed by atoms with E-state index in [4.69, 9.17) is 0 Å². The van der Waals surface area contributed by atoms with Crippen molar-refractivity contribution in [2.75, 3.05) is 25.2 Å². The summed E-state index contributed by atoms with van der Waals surface area (Å²) < 4.78 is 1.59. The summed E-state index contributed by atoms with van der Waals surface area (Å²) in [4.78, 5) is 26.5. The van der Waals surface area contributed by atoms with Crippen molar-refractivity contribution in [2.45, 2.75) is 5.16 Å². The number of benzene rings is 1. The molecular formula is C16H16N6O2S2. The summed E-state index contributed by atoms with van der Waals surface area (Å²) in [5, 5.41) is 16.8. The van der Waals surface area contributed by atoms with Crippen LogP contribution >= 0.6 is 23.1 Å². The van der Waals surface area contributed by atoms with Crippen LogP contribution < -0.4 is 5.32 Å². The van der Waals surface area contributed by atoms with Gasteiger partial charge in [0.2, 0.25) is 11.1 Å². The van der Waals surface area contributed by atoms with Gasteiger partial charge in [0.1, 0.15) is 0 Å². The first-order chi connectivity index (χ1) is 12.6. The molecule has 1 N–H and O–H groups in total. The molecule has 0 aliphatic heterocycles. The number of carbonyl (C=O) groups is 2. The van der Waals surface area contributed by atoms with Gasteiger partial charge in [-0.1, -0.05) is 23.9 Å². The maximum Gasteiger partial charge on any atom is 0.264 e. The normalized spacial score (nSPS) is 10.5. The summed E-state index contributed by atoms with van der Waals surface area (Å²) in [6.45, 7) is -0.0398. The summed E-state index contributed by atoms with van der Waals surface area (Å²) >= 11 is 2.77. The number of nitrogens with one attached hydrogen (secondary N) is 1. The molecule has 0 atom stereocenters. The van der Waals surface area contributed by atoms with Crippen molar-refractivity contribution >= 4 is 40.6 Å². The zero-order valence-electron chi connectivity index (χ0n) is 14.1. The number of carbonyl (C=O) groups excluding carboxylic acids is 2. The van der Waals surface area contributed by atoms with Crippen LogP contribution in [0.25, 0.3) is 5.69 Å². The second-order valence-electron chi connectivity index (χ2n) is 5.31. The maximum absolute atomic E-state index is 12.3. The highest BCUT2D eigenvalue weighted by molar-refractivity contribution is 7.98. The zero-order chi connectivity index (χ0) is 18.5. The van der Waals surface area contributed by atoms with E-state index >= 15 is 0 Å². The first kappa shape index (κ1) is 18.1. The number of hydrogen-bond acceptors (Lipinski definition) is 7. The van der Waals surface area contributed by atoms with E-state index in [1.165, 1.54) is 28.0 Å². The van der Waals surface area contributed by atoms with Crippen molar-refractivity contribution in [1.82, 2.24) is 25.1 Å². The highest BCUT2D eigenvalue weighted by atomic mass is 32.2. The van der Waals surface area contributed by atoms with Crippen molar-refractivity contribution < 1.29 is 9.59 Å². The van der Waals surface area contributed by atoms with Gasteiger partial charge < -0.3 is 10.2 Å². The molecule has 8 nitrogen and oxygen atoms in total. The smallest absolute Gasteiger partial charge is 0.264 e. The standard InChI is InChI=1S/C16H16N6O2S2/c1-21(15(24)13-7-4-8-26-13)10-14(23)17-11-5-3-6-12(9-11)22-16(25-2)18-19-20-22/h3-9H,10H2,1-2H3,(H,17,23). The SMILES string of the molecule is CSc1nnnn1-c1cccc(NC(=O)CN(C)C(=O)c2cccs2)c1. The Morgan fingerprint density at radius 2 is 2.15 bits per heavy atom. The first-order valence-corrected chi connectivity index (χ1v) is 9.70. The third-order valence-electron chi connectivity index (χ3n) is 3.46. The summed E-state index contributed by atoms with van der Waals surface area (Å²) in [7, 11) is 1.60. The lowest BCUT2D eigenvalue weighted by molar-refractivity contribution is -0.116. The number of thioether (sulfide) groups is 1. The fourth-order valence-electron chi connectivity index (χ4n) is 2.26. The number of tetrazole rings is 1. The van der Waals surface area contributed by atoms with Gasteiger partial charge >= 0.3 is 0 Å². The summed E-state index contributed by atoms with van der Waals surface area (Å²) in [6.07, 6.45) is 1.88. The molecule has 1 aromatic carbocycles. The Labute approximate surface area is 158 Å². The molecule has 10 heteroatoms. The lowest BCUT2D eigenvalue weighted by atomic mass is 10.2. The Bertz CT molecular complexity index is 909. The van der Waals surface area contributed by atoms with Crippen LogP contribution in [0.15, 0.2) is 46.9 Å². The van der Waals surface area contributed by atoms with Crippen molar-refractivity contribution in [3.05, 3.63) is 46.7 Å². The quantitative estimate of drug-likeness (QED) is 0.651. The molecule has 0 aliphatic rings. The van der Waals surface area contributed by atoms with Gasteiger partial charge in [0, 0.05) is 12.7 Å².